The highest BCUT2D eigenvalue weighted by Crippen LogP contribution is 2.42. The molecule has 0 amide bonds. The van der Waals surface area contributed by atoms with E-state index in [-0.39, 0.29) is 17.6 Å². The average Bonchev–Trinajstić information content (AvgIpc) is 3.12. The van der Waals surface area contributed by atoms with Crippen molar-refractivity contribution in [1.82, 2.24) is 14.8 Å². The number of nitrogens with zero attached hydrogens (tertiary/aromatic N) is 4. The van der Waals surface area contributed by atoms with E-state index < -0.39 is 18.0 Å². The van der Waals surface area contributed by atoms with Crippen LogP contribution >= 0.6 is 0 Å². The van der Waals surface area contributed by atoms with Gasteiger partial charge in [-0.3, -0.25) is 4.79 Å². The van der Waals surface area contributed by atoms with E-state index in [1.54, 1.807) is 0 Å². The molecule has 4 rings (SSSR count). The number of hydrogen-bond acceptors (Lipinski definition) is 5. The second-order valence-corrected chi connectivity index (χ2v) is 7.82. The van der Waals surface area contributed by atoms with E-state index in [1.165, 1.54) is 4.68 Å². The molecule has 160 valence electrons. The third-order valence-electron chi connectivity index (χ3n) is 5.71. The van der Waals surface area contributed by atoms with E-state index in [2.05, 4.69) is 34.1 Å². The van der Waals surface area contributed by atoms with Gasteiger partial charge in [-0.15, -0.1) is 5.10 Å². The van der Waals surface area contributed by atoms with E-state index in [0.717, 1.165) is 18.8 Å². The topological polar surface area (TPSA) is 63.1 Å². The van der Waals surface area contributed by atoms with Crippen molar-refractivity contribution in [3.05, 3.63) is 46.9 Å². The van der Waals surface area contributed by atoms with E-state index in [0.29, 0.717) is 29.7 Å². The number of hydrogen-bond donors (Lipinski definition) is 1. The molecule has 1 N–H and O–H groups in total. The van der Waals surface area contributed by atoms with Crippen molar-refractivity contribution in [2.24, 2.45) is 5.92 Å². The molecular weight excluding hydrogens is 395 g/mol. The Morgan fingerprint density at radius 2 is 1.83 bits per heavy atom. The van der Waals surface area contributed by atoms with Crippen molar-refractivity contribution >= 4 is 17.4 Å². The maximum atomic E-state index is 13.3. The smallest absolute Gasteiger partial charge is 0.372 e. The zero-order valence-electron chi connectivity index (χ0n) is 17.1. The Balaban J connectivity index is 1.83. The summed E-state index contributed by atoms with van der Waals surface area (Å²) < 4.78 is 41.0. The number of alkyl halides is 3. The van der Waals surface area contributed by atoms with Crippen LogP contribution in [0, 0.1) is 5.92 Å². The molecule has 1 aromatic carbocycles. The van der Waals surface area contributed by atoms with E-state index in [9.17, 15) is 18.0 Å². The third kappa shape index (κ3) is 3.46. The lowest BCUT2D eigenvalue weighted by atomic mass is 9.81. The standard InChI is InChI=1S/C21H24F3N5O/c1-4-28(5-2)14-8-6-13(7-9-14)18-17-15(10-12(3)11-16(17)30)25-20-26-19(21(22,23)24)27-29(18)20/h6-9,12,18H,4-5,10-11H2,1-3H3,(H,25,26,27)/t12-,18-/m1/s1. The number of nitrogens with one attached hydrogen (secondary N) is 1. The highest BCUT2D eigenvalue weighted by Gasteiger charge is 2.42. The van der Waals surface area contributed by atoms with Crippen LogP contribution in [0.5, 0.6) is 0 Å². The first kappa shape index (κ1) is 20.4. The highest BCUT2D eigenvalue weighted by molar-refractivity contribution is 5.99. The van der Waals surface area contributed by atoms with Gasteiger partial charge in [0.1, 0.15) is 6.04 Å². The number of rotatable bonds is 4. The number of allylic oxidation sites excluding steroid dienone is 2. The molecule has 6 nitrogen and oxygen atoms in total. The van der Waals surface area contributed by atoms with Crippen LogP contribution in [0.25, 0.3) is 0 Å². The first-order valence-electron chi connectivity index (χ1n) is 10.1. The lowest BCUT2D eigenvalue weighted by Gasteiger charge is -2.34. The van der Waals surface area contributed by atoms with Crippen LogP contribution in [0.3, 0.4) is 0 Å². The van der Waals surface area contributed by atoms with Gasteiger partial charge >= 0.3 is 6.18 Å². The fraction of sp³-hybridized carbons (Fsp3) is 0.476. The van der Waals surface area contributed by atoms with E-state index in [1.807, 2.05) is 31.2 Å². The zero-order valence-corrected chi connectivity index (χ0v) is 17.1. The van der Waals surface area contributed by atoms with Crippen molar-refractivity contribution in [3.63, 3.8) is 0 Å². The zero-order chi connectivity index (χ0) is 21.6. The molecule has 2 aliphatic rings. The fourth-order valence-electron chi connectivity index (χ4n) is 4.29. The largest absolute Gasteiger partial charge is 0.453 e. The van der Waals surface area contributed by atoms with Crippen molar-refractivity contribution in [2.75, 3.05) is 23.3 Å². The quantitative estimate of drug-likeness (QED) is 0.795. The molecule has 0 spiro atoms. The summed E-state index contributed by atoms with van der Waals surface area (Å²) in [6, 6.07) is 6.85. The van der Waals surface area contributed by atoms with Gasteiger partial charge in [0.05, 0.1) is 0 Å². The first-order chi connectivity index (χ1) is 14.2. The molecule has 1 aromatic heterocycles. The number of aromatic nitrogens is 3. The van der Waals surface area contributed by atoms with E-state index >= 15 is 0 Å². The van der Waals surface area contributed by atoms with Crippen LogP contribution in [0.2, 0.25) is 0 Å². The number of halogens is 3. The van der Waals surface area contributed by atoms with Crippen molar-refractivity contribution in [2.45, 2.75) is 45.8 Å². The average molecular weight is 419 g/mol. The number of carbonyl (C=O) groups excluding carboxylic acids is 1. The first-order valence-corrected chi connectivity index (χ1v) is 10.1. The van der Waals surface area contributed by atoms with Crippen LogP contribution in [0.1, 0.15) is 51.0 Å². The molecule has 0 radical (unpaired) electrons. The summed E-state index contributed by atoms with van der Waals surface area (Å²) in [7, 11) is 0. The Morgan fingerprint density at radius 3 is 2.43 bits per heavy atom. The Kier molecular flexibility index (Phi) is 5.07. The SMILES string of the molecule is CCN(CC)c1ccc([C@@H]2C3=C(C[C@@H](C)CC3=O)Nc3nc(C(F)(F)F)nn32)cc1. The number of Topliss-reactive ketones (excluding diaryl/α,β-unsaturated/α-hetero) is 1. The summed E-state index contributed by atoms with van der Waals surface area (Å²) in [6.07, 6.45) is -3.71. The maximum Gasteiger partial charge on any atom is 0.453 e. The molecule has 2 heterocycles. The Bertz CT molecular complexity index is 989. The molecule has 2 atom stereocenters. The molecule has 1 aliphatic carbocycles. The van der Waals surface area contributed by atoms with Gasteiger partial charge in [-0.25, -0.2) is 4.68 Å². The van der Waals surface area contributed by atoms with E-state index in [4.69, 9.17) is 0 Å². The second-order valence-electron chi connectivity index (χ2n) is 7.82. The van der Waals surface area contributed by atoms with Gasteiger partial charge in [0.2, 0.25) is 5.95 Å². The predicted octanol–water partition coefficient (Wildman–Crippen LogP) is 4.41. The van der Waals surface area contributed by atoms with Gasteiger partial charge in [-0.05, 0) is 43.9 Å². The van der Waals surface area contributed by atoms with Crippen molar-refractivity contribution in [1.29, 1.82) is 0 Å². The minimum absolute atomic E-state index is 0.0146. The second kappa shape index (κ2) is 7.45. The summed E-state index contributed by atoms with van der Waals surface area (Å²) in [5.41, 5.74) is 2.85. The number of fused-ring (bicyclic) bond motifs is 1. The summed E-state index contributed by atoms with van der Waals surface area (Å²) in [6.45, 7) is 7.76. The van der Waals surface area contributed by atoms with Crippen molar-refractivity contribution < 1.29 is 18.0 Å². The Labute approximate surface area is 172 Å². The number of anilines is 2. The minimum atomic E-state index is -4.67. The fourth-order valence-corrected chi connectivity index (χ4v) is 4.29. The van der Waals surface area contributed by atoms with Gasteiger partial charge in [0.15, 0.2) is 5.78 Å². The molecular formula is C21H24F3N5O. The monoisotopic (exact) mass is 419 g/mol. The molecule has 0 unspecified atom stereocenters. The molecule has 0 saturated carbocycles. The number of carbonyl (C=O) groups is 1. The number of ketones is 1. The predicted molar refractivity (Wildman–Crippen MR) is 107 cm³/mol. The normalized spacial score (nSPS) is 21.2. The summed E-state index contributed by atoms with van der Waals surface area (Å²) in [5.74, 6) is -1.15. The van der Waals surface area contributed by atoms with Gasteiger partial charge in [-0.1, -0.05) is 19.1 Å². The summed E-state index contributed by atoms with van der Waals surface area (Å²) >= 11 is 0. The lowest BCUT2D eigenvalue weighted by molar-refractivity contribution is -0.145. The van der Waals surface area contributed by atoms with Gasteiger partial charge in [-0.2, -0.15) is 18.2 Å². The van der Waals surface area contributed by atoms with Crippen LogP contribution in [-0.2, 0) is 11.0 Å². The molecule has 0 bridgehead atoms. The molecule has 2 aromatic rings. The van der Waals surface area contributed by atoms with Gasteiger partial charge in [0.25, 0.3) is 5.82 Å². The molecule has 30 heavy (non-hydrogen) atoms. The summed E-state index contributed by atoms with van der Waals surface area (Å²) in [5, 5.41) is 6.68. The van der Waals surface area contributed by atoms with Crippen LogP contribution in [-0.4, -0.2) is 33.6 Å². The minimum Gasteiger partial charge on any atom is -0.372 e. The lowest BCUT2D eigenvalue weighted by Crippen LogP contribution is -2.33. The summed E-state index contributed by atoms with van der Waals surface area (Å²) in [4.78, 5) is 18.8. The number of benzene rings is 1. The van der Waals surface area contributed by atoms with Gasteiger partial charge in [0, 0.05) is 36.5 Å². The maximum absolute atomic E-state index is 13.3. The van der Waals surface area contributed by atoms with Crippen LogP contribution in [0.15, 0.2) is 35.5 Å². The van der Waals surface area contributed by atoms with Crippen molar-refractivity contribution in [3.8, 4) is 0 Å². The molecule has 0 saturated heterocycles. The Hall–Kier alpha value is -2.84. The van der Waals surface area contributed by atoms with Crippen LogP contribution in [0.4, 0.5) is 24.8 Å². The van der Waals surface area contributed by atoms with Crippen LogP contribution < -0.4 is 10.2 Å². The third-order valence-corrected chi connectivity index (χ3v) is 5.71. The molecule has 0 fully saturated rings. The molecule has 9 heteroatoms. The molecule has 1 aliphatic heterocycles. The highest BCUT2D eigenvalue weighted by atomic mass is 19.4. The Morgan fingerprint density at radius 1 is 1.17 bits per heavy atom. The van der Waals surface area contributed by atoms with Gasteiger partial charge < -0.3 is 10.2 Å².